The van der Waals surface area contributed by atoms with Gasteiger partial charge in [-0.15, -0.1) is 12.6 Å². The van der Waals surface area contributed by atoms with Crippen LogP contribution in [0.5, 0.6) is 0 Å². The fourth-order valence-corrected chi connectivity index (χ4v) is 3.14. The molecule has 0 bridgehead atoms. The Hall–Kier alpha value is -1.39. The van der Waals surface area contributed by atoms with E-state index in [4.69, 9.17) is 8.92 Å². The number of aromatic nitrogens is 2. The summed E-state index contributed by atoms with van der Waals surface area (Å²) < 4.78 is 9.84. The van der Waals surface area contributed by atoms with Crippen molar-refractivity contribution < 1.29 is 18.5 Å². The first-order chi connectivity index (χ1) is 14.1. The number of aromatic amines is 1. The molecule has 1 aromatic heterocycles. The van der Waals surface area contributed by atoms with Gasteiger partial charge < -0.3 is 19.6 Å². The molecule has 1 atom stereocenters. The van der Waals surface area contributed by atoms with Gasteiger partial charge in [0.25, 0.3) is 0 Å². The third-order valence-electron chi connectivity index (χ3n) is 3.23. The highest BCUT2D eigenvalue weighted by Gasteiger charge is 2.49. The molecule has 2 heterocycles. The Bertz CT molecular complexity index is 504. The minimum absolute atomic E-state index is 0.429. The van der Waals surface area contributed by atoms with Gasteiger partial charge >= 0.3 is 12.1 Å². The number of nitrogens with one attached hydrogen (secondary N) is 1. The summed E-state index contributed by atoms with van der Waals surface area (Å²) in [6, 6.07) is 0. The summed E-state index contributed by atoms with van der Waals surface area (Å²) in [4.78, 5) is 30.8. The molecule has 0 aromatic carbocycles. The van der Waals surface area contributed by atoms with E-state index >= 15 is 0 Å². The lowest BCUT2D eigenvalue weighted by atomic mass is 10.2. The van der Waals surface area contributed by atoms with E-state index in [0.29, 0.717) is 31.6 Å². The van der Waals surface area contributed by atoms with Crippen LogP contribution in [0.4, 0.5) is 4.79 Å². The molecular weight excluding hydrogens is 412 g/mol. The van der Waals surface area contributed by atoms with Crippen molar-refractivity contribution in [2.24, 2.45) is 5.73 Å². The maximum absolute atomic E-state index is 12.0. The van der Waals surface area contributed by atoms with Gasteiger partial charge in [0.1, 0.15) is 0 Å². The summed E-state index contributed by atoms with van der Waals surface area (Å²) in [5, 5.41) is 0. The number of rotatable bonds is 5. The zero-order chi connectivity index (χ0) is 23.3. The molecule has 29 heavy (non-hydrogen) atoms. The Morgan fingerprint density at radius 2 is 1.86 bits per heavy atom. The number of thiol groups is 1. The first-order valence-electron chi connectivity index (χ1n) is 10.0. The minimum Gasteiger partial charge on any atom is -0.467 e. The number of likely N-dealkylation sites (tertiary alicyclic amines) is 1. The molecule has 0 unspecified atom stereocenters. The molecule has 10 heteroatoms. The summed E-state index contributed by atoms with van der Waals surface area (Å²) >= 11 is 5.35. The van der Waals surface area contributed by atoms with Crippen LogP contribution in [-0.2, 0) is 20.1 Å². The van der Waals surface area contributed by atoms with Crippen molar-refractivity contribution in [1.82, 2.24) is 14.9 Å². The summed E-state index contributed by atoms with van der Waals surface area (Å²) in [6.07, 6.45) is 4.60. The number of amides is 1. The van der Waals surface area contributed by atoms with Crippen LogP contribution in [0.1, 0.15) is 60.1 Å². The van der Waals surface area contributed by atoms with Crippen molar-refractivity contribution in [2.75, 3.05) is 26.5 Å². The first kappa shape index (κ1) is 32.3. The number of hydrogen-bond acceptors (Lipinski definition) is 8. The van der Waals surface area contributed by atoms with E-state index in [1.54, 1.807) is 12.5 Å². The van der Waals surface area contributed by atoms with Gasteiger partial charge in [0, 0.05) is 30.6 Å². The number of hydrogen-bond donors (Lipinski definition) is 3. The normalized spacial score (nSPS) is 16.3. The third-order valence-corrected chi connectivity index (χ3v) is 4.50. The number of H-pyrrole nitrogens is 1. The Morgan fingerprint density at radius 1 is 1.28 bits per heavy atom. The van der Waals surface area contributed by atoms with Crippen molar-refractivity contribution in [3.63, 3.8) is 0 Å². The molecule has 0 radical (unpaired) electrons. The second-order valence-corrected chi connectivity index (χ2v) is 6.11. The van der Waals surface area contributed by atoms with E-state index in [2.05, 4.69) is 28.3 Å². The van der Waals surface area contributed by atoms with Gasteiger partial charge in [0.15, 0.2) is 4.87 Å². The van der Waals surface area contributed by atoms with E-state index in [1.165, 1.54) is 19.1 Å². The highest BCUT2D eigenvalue weighted by Crippen LogP contribution is 2.35. The summed E-state index contributed by atoms with van der Waals surface area (Å²) in [6.45, 7) is 12.4. The van der Waals surface area contributed by atoms with E-state index in [1.807, 2.05) is 41.5 Å². The highest BCUT2D eigenvalue weighted by atomic mass is 32.2. The van der Waals surface area contributed by atoms with E-state index in [0.717, 1.165) is 17.7 Å². The van der Waals surface area contributed by atoms with Gasteiger partial charge in [-0.2, -0.15) is 0 Å². The number of nitrogens with zero attached hydrogens (tertiary/aromatic N) is 2. The van der Waals surface area contributed by atoms with Crippen LogP contribution in [0, 0.1) is 0 Å². The molecule has 0 saturated carbocycles. The van der Waals surface area contributed by atoms with E-state index in [9.17, 15) is 9.59 Å². The molecule has 1 fully saturated rings. The number of ether oxygens (including phenoxy) is 1. The summed E-state index contributed by atoms with van der Waals surface area (Å²) in [5.41, 5.74) is 5.47. The molecule has 1 aliphatic heterocycles. The maximum atomic E-state index is 12.0. The minimum atomic E-state index is -1.23. The fourth-order valence-electron chi connectivity index (χ4n) is 2.13. The smallest absolute Gasteiger partial charge is 0.423 e. The third kappa shape index (κ3) is 11.4. The zero-order valence-corrected chi connectivity index (χ0v) is 20.9. The predicted molar refractivity (Wildman–Crippen MR) is 125 cm³/mol. The lowest BCUT2D eigenvalue weighted by Gasteiger charge is -2.30. The molecule has 2 rings (SSSR count). The Labute approximate surface area is 186 Å². The second kappa shape index (κ2) is 21.3. The van der Waals surface area contributed by atoms with Gasteiger partial charge in [-0.05, 0) is 19.9 Å². The molecule has 172 valence electrons. The van der Waals surface area contributed by atoms with Crippen LogP contribution in [0.3, 0.4) is 0 Å². The van der Waals surface area contributed by atoms with Crippen LogP contribution >= 0.6 is 24.7 Å². The lowest BCUT2D eigenvalue weighted by Crippen LogP contribution is -2.49. The van der Waals surface area contributed by atoms with Crippen LogP contribution in [0.2, 0.25) is 0 Å². The largest absolute Gasteiger partial charge is 0.467 e. The number of carbonyl (C=O) groups excluding carboxylic acids is 2. The van der Waals surface area contributed by atoms with Gasteiger partial charge in [-0.25, -0.2) is 14.6 Å². The van der Waals surface area contributed by atoms with Crippen molar-refractivity contribution in [2.45, 2.75) is 65.7 Å². The van der Waals surface area contributed by atoms with Crippen LogP contribution in [-0.4, -0.2) is 58.3 Å². The van der Waals surface area contributed by atoms with Crippen molar-refractivity contribution >= 4 is 36.7 Å². The van der Waals surface area contributed by atoms with Crippen molar-refractivity contribution in [3.05, 3.63) is 18.2 Å². The zero-order valence-electron chi connectivity index (χ0n) is 19.2. The number of carbonyl (C=O) groups is 2. The quantitative estimate of drug-likeness (QED) is 0.264. The monoisotopic (exact) mass is 452 g/mol. The fraction of sp³-hybridized carbons (Fsp3) is 0.737. The van der Waals surface area contributed by atoms with E-state index in [-0.39, 0.29) is 0 Å². The standard InChI is InChI=1S/C12H17N3O4S2.3C2H6.CH5N/c1-18-10(16)12(20)4-2-5-15(12)11(17)19-21-6-3-9-7-13-8-14-9;4*1-2/h7-8,20H,2-6H2,1H3,(H,13,14);3*1-2H3;2H2,1H3/t12-;;;;/m1..../s1. The molecule has 1 saturated heterocycles. The summed E-state index contributed by atoms with van der Waals surface area (Å²) in [7, 11) is 2.78. The summed E-state index contributed by atoms with van der Waals surface area (Å²) in [5.74, 6) is 0.0577. The molecule has 8 nitrogen and oxygen atoms in total. The number of esters is 1. The lowest BCUT2D eigenvalue weighted by molar-refractivity contribution is -0.146. The number of methoxy groups -OCH3 is 1. The average Bonchev–Trinajstić information content (AvgIpc) is 3.46. The number of nitrogens with two attached hydrogens (primary N) is 1. The topological polar surface area (TPSA) is 111 Å². The molecular formula is C19H40N4O4S2. The molecule has 3 N–H and O–H groups in total. The molecule has 1 aromatic rings. The second-order valence-electron chi connectivity index (χ2n) is 4.56. The van der Waals surface area contributed by atoms with Crippen molar-refractivity contribution in [1.29, 1.82) is 0 Å². The van der Waals surface area contributed by atoms with E-state index < -0.39 is 16.9 Å². The van der Waals surface area contributed by atoms with Gasteiger partial charge in [-0.3, -0.25) is 4.90 Å². The van der Waals surface area contributed by atoms with Gasteiger partial charge in [0.05, 0.1) is 25.5 Å². The SMILES string of the molecule is CC.CC.CC.CN.COC(=O)[C@]1(S)CCCN1C(=O)OSCCc1cnc[nH]1. The number of imidazole rings is 1. The predicted octanol–water partition coefficient (Wildman–Crippen LogP) is 4.29. The molecule has 0 spiro atoms. The van der Waals surface area contributed by atoms with Crippen molar-refractivity contribution in [3.8, 4) is 0 Å². The molecule has 1 amide bonds. The van der Waals surface area contributed by atoms with Crippen LogP contribution < -0.4 is 5.73 Å². The van der Waals surface area contributed by atoms with Gasteiger partial charge in [-0.1, -0.05) is 41.5 Å². The Morgan fingerprint density at radius 3 is 2.34 bits per heavy atom. The highest BCUT2D eigenvalue weighted by molar-refractivity contribution is 7.95. The van der Waals surface area contributed by atoms with Gasteiger partial charge in [0.2, 0.25) is 0 Å². The Balaban J connectivity index is -0.000000754. The first-order valence-corrected chi connectivity index (χ1v) is 11.4. The van der Waals surface area contributed by atoms with Crippen LogP contribution in [0.25, 0.3) is 0 Å². The number of aryl methyl sites for hydroxylation is 1. The maximum Gasteiger partial charge on any atom is 0.423 e. The van der Waals surface area contributed by atoms with Crippen LogP contribution in [0.15, 0.2) is 12.5 Å². The molecule has 1 aliphatic rings. The Kier molecular flexibility index (Phi) is 23.7. The molecule has 0 aliphatic carbocycles. The average molecular weight is 453 g/mol.